The largest absolute Gasteiger partial charge is 0.370 e. The molecule has 0 N–H and O–H groups in total. The average molecular weight is 417 g/mol. The number of hydrogen-bond donors (Lipinski definition) is 0. The number of amides is 2. The number of carbonyl (C=O) groups is 2. The number of halogens is 1. The Morgan fingerprint density at radius 1 is 1.27 bits per heavy atom. The summed E-state index contributed by atoms with van der Waals surface area (Å²) in [4.78, 5) is 32.7. The Balaban J connectivity index is 1.61. The van der Waals surface area contributed by atoms with Crippen LogP contribution in [0.5, 0.6) is 0 Å². The molecule has 162 valence electrons. The molecule has 1 unspecified atom stereocenters. The van der Waals surface area contributed by atoms with Crippen LogP contribution in [0, 0.1) is 5.82 Å². The van der Waals surface area contributed by atoms with Crippen molar-refractivity contribution < 1.29 is 18.7 Å². The fourth-order valence-corrected chi connectivity index (χ4v) is 3.43. The van der Waals surface area contributed by atoms with E-state index in [2.05, 4.69) is 10.1 Å². The monoisotopic (exact) mass is 417 g/mol. The Morgan fingerprint density at radius 3 is 2.70 bits per heavy atom. The lowest BCUT2D eigenvalue weighted by molar-refractivity contribution is -0.139. The van der Waals surface area contributed by atoms with E-state index in [1.807, 2.05) is 13.8 Å². The molecular formula is C21H28FN5O3. The Hall–Kier alpha value is -2.81. The standard InChI is InChI=1S/C21H28FN5O3/c1-16(2)27-11-19(30-13-17-5-7-18(22)8-6-17)10-25(12-21(27)29)20(28)4-3-9-26-15-23-14-24-26/h5-8,14-16,19H,3-4,9-13H2,1-2H3. The third-order valence-electron chi connectivity index (χ3n) is 5.09. The molecule has 8 nitrogen and oxygen atoms in total. The minimum atomic E-state index is -0.317. The quantitative estimate of drug-likeness (QED) is 0.655. The van der Waals surface area contributed by atoms with E-state index in [1.54, 1.807) is 32.9 Å². The van der Waals surface area contributed by atoms with E-state index >= 15 is 0 Å². The Morgan fingerprint density at radius 2 is 2.03 bits per heavy atom. The third kappa shape index (κ3) is 6.09. The Kier molecular flexibility index (Phi) is 7.51. The second-order valence-electron chi connectivity index (χ2n) is 7.74. The zero-order valence-corrected chi connectivity index (χ0v) is 17.4. The number of nitrogens with zero attached hydrogens (tertiary/aromatic N) is 5. The zero-order valence-electron chi connectivity index (χ0n) is 17.4. The van der Waals surface area contributed by atoms with Gasteiger partial charge in [0.15, 0.2) is 0 Å². The van der Waals surface area contributed by atoms with Gasteiger partial charge in [-0.15, -0.1) is 0 Å². The summed E-state index contributed by atoms with van der Waals surface area (Å²) in [5, 5.41) is 4.03. The summed E-state index contributed by atoms with van der Waals surface area (Å²) in [5.41, 5.74) is 0.841. The van der Waals surface area contributed by atoms with Gasteiger partial charge in [0.1, 0.15) is 18.5 Å². The van der Waals surface area contributed by atoms with Gasteiger partial charge in [-0.05, 0) is 38.0 Å². The molecule has 0 radical (unpaired) electrons. The smallest absolute Gasteiger partial charge is 0.242 e. The number of carbonyl (C=O) groups excluding carboxylic acids is 2. The van der Waals surface area contributed by atoms with Gasteiger partial charge >= 0.3 is 0 Å². The van der Waals surface area contributed by atoms with Crippen molar-refractivity contribution in [2.45, 2.75) is 52.0 Å². The predicted molar refractivity (Wildman–Crippen MR) is 108 cm³/mol. The molecule has 2 heterocycles. The van der Waals surface area contributed by atoms with Crippen molar-refractivity contribution in [1.29, 1.82) is 0 Å². The van der Waals surface area contributed by atoms with Crippen LogP contribution in [-0.4, -0.2) is 68.2 Å². The van der Waals surface area contributed by atoms with Gasteiger partial charge in [-0.1, -0.05) is 12.1 Å². The summed E-state index contributed by atoms with van der Waals surface area (Å²) in [5.74, 6) is -0.459. The summed E-state index contributed by atoms with van der Waals surface area (Å²) >= 11 is 0. The summed E-state index contributed by atoms with van der Waals surface area (Å²) < 4.78 is 20.8. The van der Waals surface area contributed by atoms with Gasteiger partial charge in [-0.25, -0.2) is 9.37 Å². The fraction of sp³-hybridized carbons (Fsp3) is 0.524. The molecule has 3 rings (SSSR count). The second-order valence-corrected chi connectivity index (χ2v) is 7.74. The highest BCUT2D eigenvalue weighted by atomic mass is 19.1. The van der Waals surface area contributed by atoms with Crippen LogP contribution in [0.1, 0.15) is 32.3 Å². The average Bonchev–Trinajstić information content (AvgIpc) is 3.17. The van der Waals surface area contributed by atoms with E-state index < -0.39 is 0 Å². The van der Waals surface area contributed by atoms with Crippen LogP contribution < -0.4 is 0 Å². The first-order chi connectivity index (χ1) is 14.4. The summed E-state index contributed by atoms with van der Waals surface area (Å²) in [6, 6.07) is 6.13. The molecule has 0 saturated carbocycles. The van der Waals surface area contributed by atoms with E-state index in [9.17, 15) is 14.0 Å². The van der Waals surface area contributed by atoms with E-state index in [0.717, 1.165) is 5.56 Å². The molecule has 1 saturated heterocycles. The highest BCUT2D eigenvalue weighted by Crippen LogP contribution is 2.15. The molecule has 1 aromatic heterocycles. The van der Waals surface area contributed by atoms with E-state index in [-0.39, 0.29) is 36.3 Å². The molecule has 1 aliphatic heterocycles. The van der Waals surface area contributed by atoms with Crippen molar-refractivity contribution in [2.24, 2.45) is 0 Å². The molecule has 1 aliphatic rings. The highest BCUT2D eigenvalue weighted by molar-refractivity contribution is 5.85. The van der Waals surface area contributed by atoms with Gasteiger partial charge in [0.2, 0.25) is 11.8 Å². The highest BCUT2D eigenvalue weighted by Gasteiger charge is 2.31. The van der Waals surface area contributed by atoms with Gasteiger partial charge in [0.25, 0.3) is 0 Å². The summed E-state index contributed by atoms with van der Waals surface area (Å²) in [6.07, 6.45) is 3.68. The van der Waals surface area contributed by atoms with Crippen molar-refractivity contribution in [2.75, 3.05) is 19.6 Å². The Labute approximate surface area is 175 Å². The number of hydrogen-bond acceptors (Lipinski definition) is 5. The molecule has 9 heteroatoms. The van der Waals surface area contributed by atoms with E-state index in [0.29, 0.717) is 39.1 Å². The van der Waals surface area contributed by atoms with Crippen molar-refractivity contribution in [3.8, 4) is 0 Å². The molecule has 0 bridgehead atoms. The first-order valence-electron chi connectivity index (χ1n) is 10.2. The van der Waals surface area contributed by atoms with Crippen LogP contribution >= 0.6 is 0 Å². The molecule has 2 aromatic rings. The number of benzene rings is 1. The topological polar surface area (TPSA) is 80.6 Å². The van der Waals surface area contributed by atoms with Gasteiger partial charge < -0.3 is 14.5 Å². The number of aromatic nitrogens is 3. The Bertz CT molecular complexity index is 826. The second kappa shape index (κ2) is 10.3. The van der Waals surface area contributed by atoms with Gasteiger partial charge in [-0.3, -0.25) is 14.3 Å². The van der Waals surface area contributed by atoms with Gasteiger partial charge in [-0.2, -0.15) is 5.10 Å². The molecule has 1 aromatic carbocycles. The maximum Gasteiger partial charge on any atom is 0.242 e. The normalized spacial score (nSPS) is 17.5. The lowest BCUT2D eigenvalue weighted by atomic mass is 10.2. The third-order valence-corrected chi connectivity index (χ3v) is 5.09. The van der Waals surface area contributed by atoms with Crippen molar-refractivity contribution in [3.63, 3.8) is 0 Å². The lowest BCUT2D eigenvalue weighted by Gasteiger charge is -2.27. The fourth-order valence-electron chi connectivity index (χ4n) is 3.43. The molecular weight excluding hydrogens is 389 g/mol. The SMILES string of the molecule is CC(C)N1CC(OCc2ccc(F)cc2)CN(C(=O)CCCn2cncn2)CC1=O. The van der Waals surface area contributed by atoms with Gasteiger partial charge in [0.05, 0.1) is 19.3 Å². The van der Waals surface area contributed by atoms with Crippen LogP contribution in [0.3, 0.4) is 0 Å². The predicted octanol–water partition coefficient (Wildman–Crippen LogP) is 1.86. The van der Waals surface area contributed by atoms with Crippen LogP contribution in [0.25, 0.3) is 0 Å². The van der Waals surface area contributed by atoms with Crippen LogP contribution in [-0.2, 0) is 27.5 Å². The molecule has 2 amide bonds. The minimum absolute atomic E-state index is 0.0109. The maximum absolute atomic E-state index is 13.1. The van der Waals surface area contributed by atoms with Crippen LogP contribution in [0.4, 0.5) is 4.39 Å². The van der Waals surface area contributed by atoms with Crippen LogP contribution in [0.15, 0.2) is 36.9 Å². The van der Waals surface area contributed by atoms with E-state index in [1.165, 1.54) is 18.5 Å². The first-order valence-corrected chi connectivity index (χ1v) is 10.2. The van der Waals surface area contributed by atoms with Gasteiger partial charge in [0, 0.05) is 32.1 Å². The zero-order chi connectivity index (χ0) is 21.5. The van der Waals surface area contributed by atoms with Crippen molar-refractivity contribution >= 4 is 11.8 Å². The molecule has 1 atom stereocenters. The number of aryl methyl sites for hydroxylation is 1. The number of ether oxygens (including phenoxy) is 1. The molecule has 0 aliphatic carbocycles. The molecule has 0 spiro atoms. The van der Waals surface area contributed by atoms with Crippen LogP contribution in [0.2, 0.25) is 0 Å². The maximum atomic E-state index is 13.1. The first kappa shape index (κ1) is 21.9. The minimum Gasteiger partial charge on any atom is -0.370 e. The van der Waals surface area contributed by atoms with Crippen molar-refractivity contribution in [3.05, 3.63) is 48.3 Å². The summed E-state index contributed by atoms with van der Waals surface area (Å²) in [6.45, 7) is 5.60. The molecule has 1 fully saturated rings. The summed E-state index contributed by atoms with van der Waals surface area (Å²) in [7, 11) is 0. The van der Waals surface area contributed by atoms with E-state index in [4.69, 9.17) is 4.74 Å². The number of rotatable bonds is 8. The molecule has 30 heavy (non-hydrogen) atoms. The van der Waals surface area contributed by atoms with Crippen molar-refractivity contribution in [1.82, 2.24) is 24.6 Å². The lowest BCUT2D eigenvalue weighted by Crippen LogP contribution is -2.42.